The van der Waals surface area contributed by atoms with Gasteiger partial charge in [0.1, 0.15) is 12.2 Å². The molecule has 0 radical (unpaired) electrons. The van der Waals surface area contributed by atoms with Gasteiger partial charge in [-0.25, -0.2) is 0 Å². The second kappa shape index (κ2) is 12.6. The number of ether oxygens (including phenoxy) is 5. The monoisotopic (exact) mass is 449 g/mol. The maximum absolute atomic E-state index is 8.77. The van der Waals surface area contributed by atoms with E-state index in [1.807, 2.05) is 91.0 Å². The summed E-state index contributed by atoms with van der Waals surface area (Å²) in [5, 5.41) is 0. The van der Waals surface area contributed by atoms with Gasteiger partial charge in [0.2, 0.25) is 0 Å². The zero-order chi connectivity index (χ0) is 23.6. The molecule has 5 heteroatoms. The summed E-state index contributed by atoms with van der Waals surface area (Å²) in [6.45, 7) is 1.52. The fourth-order valence-electron chi connectivity index (χ4n) is 3.79. The lowest BCUT2D eigenvalue weighted by Gasteiger charge is -2.41. The first-order valence-electron chi connectivity index (χ1n) is 11.9. The average Bonchev–Trinajstić information content (AvgIpc) is 2.89. The standard InChI is InChI=1S/C28H32O5/c1-29-27-17-25(31-19-23-13-7-3-8-14-23)28(32-20-24-15-9-4-10-16-24)26(33-27)21-30-18-22-11-5-2-6-12-22/h2-16,25-28H,17-21H2,1H3/t25-,26-,27-,28+/m1/s1/i17D/t17-,25-,26-,27-,28+. The van der Waals surface area contributed by atoms with Crippen molar-refractivity contribution in [1.29, 1.82) is 0 Å². The Labute approximate surface area is 197 Å². The van der Waals surface area contributed by atoms with E-state index < -0.39 is 31.0 Å². The summed E-state index contributed by atoms with van der Waals surface area (Å²) in [7, 11) is 1.55. The number of benzene rings is 3. The summed E-state index contributed by atoms with van der Waals surface area (Å²) in [4.78, 5) is 0. The molecular formula is C28H32O5. The van der Waals surface area contributed by atoms with E-state index in [4.69, 9.17) is 25.1 Å². The van der Waals surface area contributed by atoms with Crippen LogP contribution in [0.25, 0.3) is 0 Å². The first-order chi connectivity index (χ1) is 16.7. The minimum absolute atomic E-state index is 0.298. The van der Waals surface area contributed by atoms with Gasteiger partial charge in [-0.15, -0.1) is 0 Å². The molecule has 5 atom stereocenters. The number of rotatable bonds is 11. The van der Waals surface area contributed by atoms with E-state index in [0.29, 0.717) is 26.4 Å². The molecule has 1 aliphatic heterocycles. The van der Waals surface area contributed by atoms with Crippen LogP contribution < -0.4 is 0 Å². The van der Waals surface area contributed by atoms with E-state index in [-0.39, 0.29) is 0 Å². The highest BCUT2D eigenvalue weighted by molar-refractivity contribution is 5.15. The van der Waals surface area contributed by atoms with Crippen LogP contribution in [0.4, 0.5) is 0 Å². The van der Waals surface area contributed by atoms with Crippen molar-refractivity contribution >= 4 is 0 Å². The van der Waals surface area contributed by atoms with Crippen LogP contribution in [0.5, 0.6) is 0 Å². The van der Waals surface area contributed by atoms with Gasteiger partial charge in [0, 0.05) is 14.9 Å². The third-order valence-corrected chi connectivity index (χ3v) is 5.54. The number of hydrogen-bond donors (Lipinski definition) is 0. The van der Waals surface area contributed by atoms with E-state index in [1.54, 1.807) is 7.11 Å². The molecule has 33 heavy (non-hydrogen) atoms. The molecule has 5 nitrogen and oxygen atoms in total. The second-order valence-electron chi connectivity index (χ2n) is 7.99. The summed E-state index contributed by atoms with van der Waals surface area (Å²) in [6.07, 6.45) is -2.98. The molecule has 4 rings (SSSR count). The maximum Gasteiger partial charge on any atom is 0.160 e. The molecule has 1 heterocycles. The molecule has 0 aromatic heterocycles. The van der Waals surface area contributed by atoms with Crippen molar-refractivity contribution in [3.63, 3.8) is 0 Å². The molecule has 1 aliphatic rings. The maximum atomic E-state index is 8.77. The van der Waals surface area contributed by atoms with Gasteiger partial charge in [0.25, 0.3) is 0 Å². The van der Waals surface area contributed by atoms with Gasteiger partial charge in [0.15, 0.2) is 6.29 Å². The zero-order valence-corrected chi connectivity index (χ0v) is 18.9. The van der Waals surface area contributed by atoms with Crippen molar-refractivity contribution < 1.29 is 25.1 Å². The lowest BCUT2D eigenvalue weighted by molar-refractivity contribution is -0.272. The minimum atomic E-state index is -0.764. The predicted octanol–water partition coefficient (Wildman–Crippen LogP) is 5.14. The van der Waals surface area contributed by atoms with Crippen molar-refractivity contribution in [2.75, 3.05) is 13.7 Å². The third-order valence-electron chi connectivity index (χ3n) is 5.54. The van der Waals surface area contributed by atoms with Crippen molar-refractivity contribution in [2.45, 2.75) is 50.8 Å². The summed E-state index contributed by atoms with van der Waals surface area (Å²) in [6, 6.07) is 29.9. The Morgan fingerprint density at radius 2 is 1.27 bits per heavy atom. The van der Waals surface area contributed by atoms with E-state index in [1.165, 1.54) is 0 Å². The lowest BCUT2D eigenvalue weighted by atomic mass is 10.0. The summed E-state index contributed by atoms with van der Waals surface area (Å²) >= 11 is 0. The van der Waals surface area contributed by atoms with E-state index in [0.717, 1.165) is 16.7 Å². The molecule has 174 valence electrons. The van der Waals surface area contributed by atoms with Crippen LogP contribution in [0, 0.1) is 0 Å². The van der Waals surface area contributed by atoms with Crippen molar-refractivity contribution in [1.82, 2.24) is 0 Å². The number of hydrogen-bond acceptors (Lipinski definition) is 5. The van der Waals surface area contributed by atoms with Gasteiger partial charge in [0.05, 0.1) is 32.5 Å². The van der Waals surface area contributed by atoms with Gasteiger partial charge in [-0.05, 0) is 16.7 Å². The first kappa shape index (κ1) is 22.3. The molecule has 0 bridgehead atoms. The fourth-order valence-corrected chi connectivity index (χ4v) is 3.79. The first-order valence-corrected chi connectivity index (χ1v) is 11.3. The van der Waals surface area contributed by atoms with Crippen LogP contribution in [0.3, 0.4) is 0 Å². The molecule has 0 N–H and O–H groups in total. The molecule has 1 fully saturated rings. The van der Waals surface area contributed by atoms with E-state index in [9.17, 15) is 0 Å². The Morgan fingerprint density at radius 3 is 1.82 bits per heavy atom. The molecule has 0 amide bonds. The third kappa shape index (κ3) is 7.22. The van der Waals surface area contributed by atoms with Crippen molar-refractivity contribution in [2.24, 2.45) is 0 Å². The van der Waals surface area contributed by atoms with E-state index in [2.05, 4.69) is 0 Å². The van der Waals surface area contributed by atoms with Gasteiger partial charge < -0.3 is 23.7 Å². The van der Waals surface area contributed by atoms with Gasteiger partial charge in [-0.1, -0.05) is 91.0 Å². The largest absolute Gasteiger partial charge is 0.374 e. The highest BCUT2D eigenvalue weighted by atomic mass is 16.7. The average molecular weight is 450 g/mol. The zero-order valence-electron chi connectivity index (χ0n) is 19.9. The van der Waals surface area contributed by atoms with Crippen LogP contribution in [0.15, 0.2) is 91.0 Å². The van der Waals surface area contributed by atoms with Gasteiger partial charge in [-0.3, -0.25) is 0 Å². The highest BCUT2D eigenvalue weighted by Gasteiger charge is 2.40. The molecule has 3 aromatic carbocycles. The Hall–Kier alpha value is -2.54. The second-order valence-corrected chi connectivity index (χ2v) is 7.99. The van der Waals surface area contributed by atoms with Crippen molar-refractivity contribution in [3.8, 4) is 0 Å². The minimum Gasteiger partial charge on any atom is -0.374 e. The van der Waals surface area contributed by atoms with Crippen LogP contribution in [-0.2, 0) is 43.5 Å². The summed E-state index contributed by atoms with van der Waals surface area (Å²) < 4.78 is 39.0. The SMILES string of the molecule is [2H][C@H]1[C@H](OC)O[C@H](COCc2ccccc2)[C@@H](OCc2ccccc2)[C@@H]1OCc1ccccc1. The Kier molecular flexibility index (Phi) is 8.52. The summed E-state index contributed by atoms with van der Waals surface area (Å²) in [5.41, 5.74) is 3.16. The van der Waals surface area contributed by atoms with E-state index >= 15 is 0 Å². The molecule has 0 saturated carbocycles. The van der Waals surface area contributed by atoms with Crippen molar-refractivity contribution in [3.05, 3.63) is 108 Å². The Morgan fingerprint density at radius 1 is 0.758 bits per heavy atom. The Balaban J connectivity index is 1.48. The predicted molar refractivity (Wildman–Crippen MR) is 126 cm³/mol. The highest BCUT2D eigenvalue weighted by Crippen LogP contribution is 2.28. The quantitative estimate of drug-likeness (QED) is 0.406. The molecule has 0 unspecified atom stereocenters. The topological polar surface area (TPSA) is 46.2 Å². The fraction of sp³-hybridized carbons (Fsp3) is 0.357. The van der Waals surface area contributed by atoms with Gasteiger partial charge >= 0.3 is 0 Å². The molecule has 0 aliphatic carbocycles. The van der Waals surface area contributed by atoms with Crippen LogP contribution in [0.1, 0.15) is 24.5 Å². The van der Waals surface area contributed by atoms with Gasteiger partial charge in [-0.2, -0.15) is 0 Å². The molecule has 0 spiro atoms. The van der Waals surface area contributed by atoms with Crippen LogP contribution in [0.2, 0.25) is 0 Å². The lowest BCUT2D eigenvalue weighted by Crippen LogP contribution is -2.52. The summed E-state index contributed by atoms with van der Waals surface area (Å²) in [5.74, 6) is 0. The molecular weight excluding hydrogens is 416 g/mol. The Bertz CT molecular complexity index is 956. The molecule has 1 saturated heterocycles. The smallest absolute Gasteiger partial charge is 0.160 e. The van der Waals surface area contributed by atoms with Crippen LogP contribution in [-0.4, -0.2) is 38.3 Å². The number of methoxy groups -OCH3 is 1. The molecule has 3 aromatic rings. The van der Waals surface area contributed by atoms with Crippen LogP contribution >= 0.6 is 0 Å². The normalized spacial score (nSPS) is 25.5.